The van der Waals surface area contributed by atoms with Gasteiger partial charge in [0.15, 0.2) is 0 Å². The van der Waals surface area contributed by atoms with Crippen LogP contribution >= 0.6 is 11.8 Å². The van der Waals surface area contributed by atoms with Gasteiger partial charge in [0.25, 0.3) is 5.82 Å². The van der Waals surface area contributed by atoms with Crippen LogP contribution in [0.4, 0.5) is 36.7 Å². The number of aromatic nitrogens is 3. The molecule has 1 aromatic heterocycles. The number of aryl methyl sites for hydroxylation is 1. The molecule has 3 rings (SSSR count). The van der Waals surface area contributed by atoms with Gasteiger partial charge in [-0.3, -0.25) is 0 Å². The third kappa shape index (κ3) is 6.30. The summed E-state index contributed by atoms with van der Waals surface area (Å²) in [6.45, 7) is 1.42. The zero-order chi connectivity index (χ0) is 24.4. The molecule has 0 spiro atoms. The molecule has 13 heteroatoms. The highest BCUT2D eigenvalue weighted by atomic mass is 32.2. The molecule has 0 radical (unpaired) electrons. The number of methoxy groups -OCH3 is 1. The molecule has 3 aromatic rings. The Labute approximate surface area is 188 Å². The van der Waals surface area contributed by atoms with Crippen molar-refractivity contribution in [3.63, 3.8) is 0 Å². The molecular formula is C20H17F7N4OS. The summed E-state index contributed by atoms with van der Waals surface area (Å²) >= 11 is 0.396. The van der Waals surface area contributed by atoms with Crippen molar-refractivity contribution in [2.24, 2.45) is 0 Å². The number of ether oxygens (including phenoxy) is 1. The van der Waals surface area contributed by atoms with E-state index in [0.29, 0.717) is 27.8 Å². The summed E-state index contributed by atoms with van der Waals surface area (Å²) in [5, 5.41) is 6.03. The summed E-state index contributed by atoms with van der Waals surface area (Å²) < 4.78 is 97.9. The molecule has 0 unspecified atom stereocenters. The monoisotopic (exact) mass is 494 g/mol. The van der Waals surface area contributed by atoms with Gasteiger partial charge in [0.05, 0.1) is 12.9 Å². The highest BCUT2D eigenvalue weighted by Gasteiger charge is 2.37. The van der Waals surface area contributed by atoms with Gasteiger partial charge in [-0.2, -0.15) is 36.0 Å². The van der Waals surface area contributed by atoms with Crippen molar-refractivity contribution in [3.8, 4) is 11.4 Å². The Morgan fingerprint density at radius 1 is 1.06 bits per heavy atom. The van der Waals surface area contributed by atoms with Crippen LogP contribution in [0.25, 0.3) is 5.69 Å². The summed E-state index contributed by atoms with van der Waals surface area (Å²) in [6, 6.07) is 8.58. The van der Waals surface area contributed by atoms with Crippen LogP contribution in [0.1, 0.15) is 17.0 Å². The normalized spacial score (nSPS) is 12.2. The molecule has 0 saturated carbocycles. The van der Waals surface area contributed by atoms with Crippen LogP contribution in [0.2, 0.25) is 0 Å². The number of nitrogens with one attached hydrogen (secondary N) is 1. The quantitative estimate of drug-likeness (QED) is 0.322. The van der Waals surface area contributed by atoms with Gasteiger partial charge in [0.2, 0.25) is 5.95 Å². The third-order valence-corrected chi connectivity index (χ3v) is 5.56. The first-order valence-electron chi connectivity index (χ1n) is 9.28. The average Bonchev–Trinajstić information content (AvgIpc) is 3.16. The lowest BCUT2D eigenvalue weighted by molar-refractivity contribution is -0.144. The number of rotatable bonds is 7. The van der Waals surface area contributed by atoms with Gasteiger partial charge in [0, 0.05) is 11.4 Å². The first kappa shape index (κ1) is 24.7. The molecule has 0 aliphatic heterocycles. The average molecular weight is 494 g/mol. The standard InChI is InChI=1S/C20H17F7N4OS/c1-11-7-14(21)15(8-16(11)33-10-19(22,23)24)31-18(29-17(30-31)20(25,26)27)28-9-12-3-5-13(32-2)6-4-12/h3-8H,9-10H2,1-2H3,(H,28,29,30). The van der Waals surface area contributed by atoms with Gasteiger partial charge in [0.1, 0.15) is 17.3 Å². The maximum absolute atomic E-state index is 14.7. The number of benzene rings is 2. The summed E-state index contributed by atoms with van der Waals surface area (Å²) in [6.07, 6.45) is -9.40. The fourth-order valence-electron chi connectivity index (χ4n) is 2.76. The lowest BCUT2D eigenvalue weighted by atomic mass is 10.2. The molecule has 0 aliphatic carbocycles. The van der Waals surface area contributed by atoms with Crippen LogP contribution in [0, 0.1) is 12.7 Å². The van der Waals surface area contributed by atoms with Crippen molar-refractivity contribution in [3.05, 3.63) is 59.2 Å². The first-order valence-corrected chi connectivity index (χ1v) is 10.3. The number of alkyl halides is 6. The zero-order valence-corrected chi connectivity index (χ0v) is 18.0. The number of nitrogens with zero attached hydrogens (tertiary/aromatic N) is 3. The van der Waals surface area contributed by atoms with Crippen LogP contribution in [0.5, 0.6) is 5.75 Å². The molecule has 1 N–H and O–H groups in total. The number of thioether (sulfide) groups is 1. The lowest BCUT2D eigenvalue weighted by Crippen LogP contribution is -2.12. The maximum Gasteiger partial charge on any atom is 0.453 e. The smallest absolute Gasteiger partial charge is 0.453 e. The first-order chi connectivity index (χ1) is 15.4. The minimum absolute atomic E-state index is 0.0170. The van der Waals surface area contributed by atoms with E-state index < -0.39 is 41.4 Å². The van der Waals surface area contributed by atoms with E-state index in [1.165, 1.54) is 14.0 Å². The van der Waals surface area contributed by atoms with Crippen LogP contribution in [0.3, 0.4) is 0 Å². The molecule has 1 heterocycles. The predicted octanol–water partition coefficient (Wildman–Crippen LogP) is 6.01. The Morgan fingerprint density at radius 3 is 2.30 bits per heavy atom. The molecule has 0 bridgehead atoms. The van der Waals surface area contributed by atoms with Crippen molar-refractivity contribution in [1.29, 1.82) is 0 Å². The Morgan fingerprint density at radius 2 is 1.73 bits per heavy atom. The Hall–Kier alpha value is -2.96. The largest absolute Gasteiger partial charge is 0.497 e. The Balaban J connectivity index is 1.97. The summed E-state index contributed by atoms with van der Waals surface area (Å²) in [5.41, 5.74) is 0.393. The van der Waals surface area contributed by atoms with Crippen molar-refractivity contribution >= 4 is 17.7 Å². The summed E-state index contributed by atoms with van der Waals surface area (Å²) in [7, 11) is 1.48. The molecule has 0 amide bonds. The zero-order valence-electron chi connectivity index (χ0n) is 17.2. The number of hydrogen-bond donors (Lipinski definition) is 1. The van der Waals surface area contributed by atoms with Gasteiger partial charge in [-0.05, 0) is 42.3 Å². The highest BCUT2D eigenvalue weighted by Crippen LogP contribution is 2.34. The van der Waals surface area contributed by atoms with Crippen LogP contribution in [-0.2, 0) is 12.7 Å². The van der Waals surface area contributed by atoms with Gasteiger partial charge >= 0.3 is 12.4 Å². The van der Waals surface area contributed by atoms with E-state index in [9.17, 15) is 30.7 Å². The minimum Gasteiger partial charge on any atom is -0.497 e. The Bertz CT molecular complexity index is 1110. The van der Waals surface area contributed by atoms with E-state index in [2.05, 4.69) is 15.4 Å². The second-order valence-electron chi connectivity index (χ2n) is 6.84. The summed E-state index contributed by atoms with van der Waals surface area (Å²) in [5.74, 6) is -3.58. The van der Waals surface area contributed by atoms with E-state index in [1.54, 1.807) is 24.3 Å². The fraction of sp³-hybridized carbons (Fsp3) is 0.300. The number of hydrogen-bond acceptors (Lipinski definition) is 5. The second kappa shape index (κ2) is 9.49. The predicted molar refractivity (Wildman–Crippen MR) is 108 cm³/mol. The van der Waals surface area contributed by atoms with E-state index in [-0.39, 0.29) is 17.0 Å². The van der Waals surface area contributed by atoms with Crippen molar-refractivity contribution in [2.45, 2.75) is 30.7 Å². The molecule has 0 saturated heterocycles. The third-order valence-electron chi connectivity index (χ3n) is 4.33. The van der Waals surface area contributed by atoms with Crippen molar-refractivity contribution in [1.82, 2.24) is 14.8 Å². The molecule has 2 aromatic carbocycles. The molecule has 5 nitrogen and oxygen atoms in total. The molecular weight excluding hydrogens is 477 g/mol. The van der Waals surface area contributed by atoms with E-state index in [4.69, 9.17) is 4.74 Å². The fourth-order valence-corrected chi connectivity index (χ4v) is 3.56. The van der Waals surface area contributed by atoms with Crippen LogP contribution < -0.4 is 10.1 Å². The molecule has 178 valence electrons. The molecule has 0 atom stereocenters. The number of anilines is 1. The highest BCUT2D eigenvalue weighted by molar-refractivity contribution is 7.99. The second-order valence-corrected chi connectivity index (χ2v) is 7.86. The molecule has 0 fully saturated rings. The van der Waals surface area contributed by atoms with E-state index in [1.807, 2.05) is 0 Å². The van der Waals surface area contributed by atoms with Gasteiger partial charge in [-0.15, -0.1) is 16.9 Å². The molecule has 0 aliphatic rings. The number of halogens is 7. The molecule has 33 heavy (non-hydrogen) atoms. The van der Waals surface area contributed by atoms with E-state index in [0.717, 1.165) is 12.1 Å². The van der Waals surface area contributed by atoms with Crippen molar-refractivity contribution < 1.29 is 35.5 Å². The van der Waals surface area contributed by atoms with Crippen LogP contribution in [-0.4, -0.2) is 33.8 Å². The maximum atomic E-state index is 14.7. The Kier molecular flexibility index (Phi) is 7.10. The van der Waals surface area contributed by atoms with Gasteiger partial charge in [-0.25, -0.2) is 4.39 Å². The lowest BCUT2D eigenvalue weighted by Gasteiger charge is -2.13. The van der Waals surface area contributed by atoms with Crippen LogP contribution in [0.15, 0.2) is 41.3 Å². The van der Waals surface area contributed by atoms with E-state index >= 15 is 0 Å². The topological polar surface area (TPSA) is 52.0 Å². The van der Waals surface area contributed by atoms with Gasteiger partial charge in [-0.1, -0.05) is 12.1 Å². The van der Waals surface area contributed by atoms with Crippen molar-refractivity contribution in [2.75, 3.05) is 18.2 Å². The minimum atomic E-state index is -4.92. The SMILES string of the molecule is COc1ccc(CNc2nc(C(F)(F)F)nn2-c2cc(SCC(F)(F)F)c(C)cc2F)cc1. The summed E-state index contributed by atoms with van der Waals surface area (Å²) in [4.78, 5) is 3.47. The van der Waals surface area contributed by atoms with Gasteiger partial charge < -0.3 is 10.1 Å².